The molecule has 0 aliphatic rings. The molecule has 0 atom stereocenters. The van der Waals surface area contributed by atoms with E-state index in [0.717, 1.165) is 84.3 Å². The van der Waals surface area contributed by atoms with Crippen LogP contribution in [0, 0.1) is 0 Å². The predicted molar refractivity (Wildman–Crippen MR) is 311 cm³/mol. The summed E-state index contributed by atoms with van der Waals surface area (Å²) in [5.74, 6) is 0. The van der Waals surface area contributed by atoms with Gasteiger partial charge in [-0.25, -0.2) is 0 Å². The van der Waals surface area contributed by atoms with Crippen LogP contribution < -0.4 is 14.7 Å². The third-order valence-corrected chi connectivity index (χ3v) is 15.2. The third kappa shape index (κ3) is 7.71. The minimum Gasteiger partial charge on any atom is -0.456 e. The van der Waals surface area contributed by atoms with Crippen molar-refractivity contribution in [3.05, 3.63) is 273 Å². The first kappa shape index (κ1) is 42.5. The number of furan rings is 1. The lowest BCUT2D eigenvalue weighted by molar-refractivity contribution is 0.669. The zero-order valence-electron chi connectivity index (χ0n) is 39.6. The van der Waals surface area contributed by atoms with E-state index in [1.807, 2.05) is 23.5 Å². The van der Waals surface area contributed by atoms with Crippen LogP contribution in [0.4, 0.5) is 51.2 Å². The summed E-state index contributed by atoms with van der Waals surface area (Å²) in [6.07, 6.45) is 0. The third-order valence-electron chi connectivity index (χ3n) is 14.1. The number of nitrogens with zero attached hydrogens (tertiary/aromatic N) is 3. The Morgan fingerprint density at radius 3 is 1.34 bits per heavy atom. The minimum atomic E-state index is 0.881. The quantitative estimate of drug-likeness (QED) is 0.136. The van der Waals surface area contributed by atoms with Crippen molar-refractivity contribution >= 4 is 126 Å². The molecule has 14 aromatic rings. The second kappa shape index (κ2) is 17.8. The predicted octanol–water partition coefficient (Wildman–Crippen LogP) is 20.3. The number of thiophene rings is 1. The van der Waals surface area contributed by atoms with E-state index in [0.29, 0.717) is 0 Å². The van der Waals surface area contributed by atoms with Crippen LogP contribution >= 0.6 is 11.3 Å². The molecule has 0 radical (unpaired) electrons. The number of anilines is 9. The lowest BCUT2D eigenvalue weighted by atomic mass is 9.99. The van der Waals surface area contributed by atoms with Gasteiger partial charge >= 0.3 is 0 Å². The Labute approximate surface area is 427 Å². The second-order valence-corrected chi connectivity index (χ2v) is 19.7. The van der Waals surface area contributed by atoms with Crippen LogP contribution in [0.25, 0.3) is 74.8 Å². The first-order valence-electron chi connectivity index (χ1n) is 24.7. The maximum Gasteiger partial charge on any atom is 0.135 e. The van der Waals surface area contributed by atoms with Crippen molar-refractivity contribution in [2.45, 2.75) is 0 Å². The lowest BCUT2D eigenvalue weighted by Crippen LogP contribution is -2.13. The normalized spacial score (nSPS) is 11.6. The van der Waals surface area contributed by atoms with Gasteiger partial charge in [-0.2, -0.15) is 0 Å². The van der Waals surface area contributed by atoms with Crippen molar-refractivity contribution in [1.82, 2.24) is 0 Å². The Bertz CT molecular complexity index is 4320. The highest BCUT2D eigenvalue weighted by atomic mass is 32.1. The van der Waals surface area contributed by atoms with E-state index in [1.165, 1.54) is 41.7 Å². The standard InChI is InChI=1S/C68H45N3OS/c1-4-20-52(21-5-1)69(53-22-6-2-7-23-53)59-40-51(41-60(43-59)70(54-24-8-3-9-25-54)55-31-28-46-16-10-12-18-48(46)38-55)50-30-37-67-64(42-50)62-35-33-58(45-68(62)73-67)71(56-32-29-47-17-11-13-19-49(47)39-56)57-34-36-66-63(44-57)61-26-14-15-27-65(61)72-66/h1-45H. The van der Waals surface area contributed by atoms with Crippen molar-refractivity contribution < 1.29 is 4.42 Å². The zero-order valence-corrected chi connectivity index (χ0v) is 40.5. The minimum absolute atomic E-state index is 0.881. The fourth-order valence-corrected chi connectivity index (χ4v) is 11.8. The molecule has 2 heterocycles. The zero-order chi connectivity index (χ0) is 48.2. The van der Waals surface area contributed by atoms with Gasteiger partial charge in [-0.05, 0) is 160 Å². The van der Waals surface area contributed by atoms with E-state index in [1.54, 1.807) is 0 Å². The molecule has 14 rings (SSSR count). The molecule has 0 amide bonds. The van der Waals surface area contributed by atoms with Crippen molar-refractivity contribution in [1.29, 1.82) is 0 Å². The van der Waals surface area contributed by atoms with Gasteiger partial charge in [0.15, 0.2) is 0 Å². The first-order valence-corrected chi connectivity index (χ1v) is 25.5. The van der Waals surface area contributed by atoms with Gasteiger partial charge in [-0.1, -0.05) is 146 Å². The van der Waals surface area contributed by atoms with E-state index >= 15 is 0 Å². The fraction of sp³-hybridized carbons (Fsp3) is 0. The molecular weight excluding hydrogens is 907 g/mol. The van der Waals surface area contributed by atoms with Crippen LogP contribution in [0.3, 0.4) is 0 Å². The molecule has 0 aliphatic carbocycles. The highest BCUT2D eigenvalue weighted by molar-refractivity contribution is 7.25. The number of hydrogen-bond donors (Lipinski definition) is 0. The van der Waals surface area contributed by atoms with E-state index in [2.05, 4.69) is 276 Å². The Morgan fingerprint density at radius 2 is 0.712 bits per heavy atom. The summed E-state index contributed by atoms with van der Waals surface area (Å²) in [6, 6.07) is 98.7. The molecule has 0 saturated carbocycles. The van der Waals surface area contributed by atoms with Crippen LogP contribution in [0.15, 0.2) is 277 Å². The Morgan fingerprint density at radius 1 is 0.233 bits per heavy atom. The largest absolute Gasteiger partial charge is 0.456 e. The van der Waals surface area contributed by atoms with Crippen molar-refractivity contribution in [2.24, 2.45) is 0 Å². The van der Waals surface area contributed by atoms with Gasteiger partial charge < -0.3 is 19.1 Å². The van der Waals surface area contributed by atoms with Crippen molar-refractivity contribution in [3.8, 4) is 11.1 Å². The Kier molecular flexibility index (Phi) is 10.3. The van der Waals surface area contributed by atoms with Crippen molar-refractivity contribution in [2.75, 3.05) is 14.7 Å². The monoisotopic (exact) mass is 951 g/mol. The molecule has 0 fully saturated rings. The smallest absolute Gasteiger partial charge is 0.135 e. The van der Waals surface area contributed by atoms with E-state index in [-0.39, 0.29) is 0 Å². The molecule has 73 heavy (non-hydrogen) atoms. The molecule has 0 saturated heterocycles. The number of hydrogen-bond acceptors (Lipinski definition) is 5. The van der Waals surface area contributed by atoms with Gasteiger partial charge in [0, 0.05) is 82.1 Å². The molecule has 12 aromatic carbocycles. The highest BCUT2D eigenvalue weighted by Gasteiger charge is 2.22. The van der Waals surface area contributed by atoms with E-state index in [4.69, 9.17) is 4.42 Å². The summed E-state index contributed by atoms with van der Waals surface area (Å²) in [7, 11) is 0. The summed E-state index contributed by atoms with van der Waals surface area (Å²) < 4.78 is 8.77. The van der Waals surface area contributed by atoms with Crippen LogP contribution in [-0.2, 0) is 0 Å². The molecule has 0 spiro atoms. The summed E-state index contributed by atoms with van der Waals surface area (Å²) >= 11 is 1.84. The summed E-state index contributed by atoms with van der Waals surface area (Å²) in [5.41, 5.74) is 13.7. The molecule has 2 aromatic heterocycles. The highest BCUT2D eigenvalue weighted by Crippen LogP contribution is 2.47. The van der Waals surface area contributed by atoms with E-state index in [9.17, 15) is 0 Å². The van der Waals surface area contributed by atoms with Crippen LogP contribution in [0.1, 0.15) is 0 Å². The number of benzene rings is 12. The first-order chi connectivity index (χ1) is 36.1. The molecule has 0 bridgehead atoms. The van der Waals surface area contributed by atoms with Crippen LogP contribution in [0.2, 0.25) is 0 Å². The Hall–Kier alpha value is -9.42. The molecule has 344 valence electrons. The molecule has 0 N–H and O–H groups in total. The average Bonchev–Trinajstić information content (AvgIpc) is 4.01. The topological polar surface area (TPSA) is 22.9 Å². The molecule has 4 nitrogen and oxygen atoms in total. The fourth-order valence-electron chi connectivity index (χ4n) is 10.7. The molecule has 0 unspecified atom stereocenters. The van der Waals surface area contributed by atoms with Crippen LogP contribution in [-0.4, -0.2) is 0 Å². The SMILES string of the molecule is c1ccc(N(c2ccccc2)c2cc(-c3ccc4sc5cc(N(c6ccc7ccccc7c6)c6ccc7oc8ccccc8c7c6)ccc5c4c3)cc(N(c3ccccc3)c3ccc4ccccc4c3)c2)cc1. The Balaban J connectivity index is 0.937. The lowest BCUT2D eigenvalue weighted by Gasteiger charge is -2.30. The average molecular weight is 952 g/mol. The number of para-hydroxylation sites is 4. The van der Waals surface area contributed by atoms with Crippen LogP contribution in [0.5, 0.6) is 0 Å². The number of rotatable bonds is 10. The molecule has 0 aliphatic heterocycles. The van der Waals surface area contributed by atoms with Gasteiger partial charge in [-0.3, -0.25) is 0 Å². The van der Waals surface area contributed by atoms with Gasteiger partial charge in [0.2, 0.25) is 0 Å². The van der Waals surface area contributed by atoms with Gasteiger partial charge in [0.05, 0.1) is 0 Å². The van der Waals surface area contributed by atoms with Gasteiger partial charge in [-0.15, -0.1) is 11.3 Å². The molecular formula is C68H45N3OS. The summed E-state index contributed by atoms with van der Waals surface area (Å²) in [5, 5.41) is 9.49. The molecule has 5 heteroatoms. The van der Waals surface area contributed by atoms with Gasteiger partial charge in [0.1, 0.15) is 11.2 Å². The number of fused-ring (bicyclic) bond motifs is 8. The summed E-state index contributed by atoms with van der Waals surface area (Å²) in [6.45, 7) is 0. The second-order valence-electron chi connectivity index (χ2n) is 18.6. The maximum atomic E-state index is 6.30. The summed E-state index contributed by atoms with van der Waals surface area (Å²) in [4.78, 5) is 7.14. The van der Waals surface area contributed by atoms with E-state index < -0.39 is 0 Å². The van der Waals surface area contributed by atoms with Crippen molar-refractivity contribution in [3.63, 3.8) is 0 Å². The van der Waals surface area contributed by atoms with Gasteiger partial charge in [0.25, 0.3) is 0 Å². The maximum absolute atomic E-state index is 6.30.